The van der Waals surface area contributed by atoms with E-state index in [1.165, 1.54) is 16.8 Å². The van der Waals surface area contributed by atoms with Crippen LogP contribution in [0.5, 0.6) is 0 Å². The van der Waals surface area contributed by atoms with Gasteiger partial charge in [-0.15, -0.1) is 0 Å². The summed E-state index contributed by atoms with van der Waals surface area (Å²) in [5, 5.41) is 2.43. The summed E-state index contributed by atoms with van der Waals surface area (Å²) in [6, 6.07) is 5.81. The SMILES string of the molecule is Nc1ccc(Cn2[nH]c(=O)ccc2=O)cn1. The first-order valence-electron chi connectivity index (χ1n) is 4.66. The van der Waals surface area contributed by atoms with Crippen LogP contribution in [0.15, 0.2) is 40.1 Å². The lowest BCUT2D eigenvalue weighted by molar-refractivity contribution is 0.626. The number of pyridine rings is 1. The number of hydrogen-bond acceptors (Lipinski definition) is 4. The molecule has 2 heterocycles. The predicted octanol–water partition coefficient (Wildman–Crippen LogP) is -0.438. The van der Waals surface area contributed by atoms with E-state index in [0.717, 1.165) is 5.56 Å². The van der Waals surface area contributed by atoms with Crippen molar-refractivity contribution in [3.63, 3.8) is 0 Å². The van der Waals surface area contributed by atoms with E-state index < -0.39 is 0 Å². The van der Waals surface area contributed by atoms with Crippen LogP contribution in [0.3, 0.4) is 0 Å². The largest absolute Gasteiger partial charge is 0.384 e. The van der Waals surface area contributed by atoms with Gasteiger partial charge in [-0.1, -0.05) is 6.07 Å². The quantitative estimate of drug-likeness (QED) is 0.714. The minimum Gasteiger partial charge on any atom is -0.384 e. The molecule has 82 valence electrons. The maximum atomic E-state index is 11.4. The van der Waals surface area contributed by atoms with E-state index in [0.29, 0.717) is 5.82 Å². The van der Waals surface area contributed by atoms with Gasteiger partial charge >= 0.3 is 0 Å². The number of nitrogens with zero attached hydrogens (tertiary/aromatic N) is 2. The second-order valence-electron chi connectivity index (χ2n) is 3.33. The first kappa shape index (κ1) is 10.2. The molecule has 2 aromatic heterocycles. The maximum Gasteiger partial charge on any atom is 0.265 e. The van der Waals surface area contributed by atoms with Gasteiger partial charge in [0.15, 0.2) is 0 Å². The zero-order valence-electron chi connectivity index (χ0n) is 8.38. The standard InChI is InChI=1S/C10H10N4O2/c11-8-2-1-7(5-12-8)6-14-10(16)4-3-9(15)13-14/h1-5H,6H2,(H2,11,12)(H,13,15). The number of nitrogen functional groups attached to an aromatic ring is 1. The number of anilines is 1. The molecule has 6 heteroatoms. The van der Waals surface area contributed by atoms with E-state index in [1.54, 1.807) is 18.3 Å². The number of nitrogens with two attached hydrogens (primary N) is 1. The van der Waals surface area contributed by atoms with E-state index in [1.807, 2.05) is 0 Å². The van der Waals surface area contributed by atoms with Crippen molar-refractivity contribution in [1.82, 2.24) is 14.8 Å². The molecule has 3 N–H and O–H groups in total. The van der Waals surface area contributed by atoms with Crippen molar-refractivity contribution < 1.29 is 0 Å². The molecule has 0 fully saturated rings. The molecule has 0 aliphatic heterocycles. The molecule has 16 heavy (non-hydrogen) atoms. The molecule has 2 aromatic rings. The van der Waals surface area contributed by atoms with E-state index >= 15 is 0 Å². The Balaban J connectivity index is 2.33. The summed E-state index contributed by atoms with van der Waals surface area (Å²) in [4.78, 5) is 26.3. The minimum absolute atomic E-state index is 0.266. The van der Waals surface area contributed by atoms with Crippen LogP contribution < -0.4 is 16.9 Å². The van der Waals surface area contributed by atoms with Crippen LogP contribution in [0.2, 0.25) is 0 Å². The van der Waals surface area contributed by atoms with Gasteiger partial charge in [0.25, 0.3) is 11.1 Å². The van der Waals surface area contributed by atoms with Crippen molar-refractivity contribution in [1.29, 1.82) is 0 Å². The highest BCUT2D eigenvalue weighted by atomic mass is 16.1. The van der Waals surface area contributed by atoms with Crippen LogP contribution in [0, 0.1) is 0 Å². The molecular formula is C10H10N4O2. The van der Waals surface area contributed by atoms with E-state index in [9.17, 15) is 9.59 Å². The average Bonchev–Trinajstić information content (AvgIpc) is 2.27. The van der Waals surface area contributed by atoms with Crippen LogP contribution in [0.1, 0.15) is 5.56 Å². The molecule has 2 rings (SSSR count). The summed E-state index contributed by atoms with van der Waals surface area (Å²) in [6.45, 7) is 0.266. The Kier molecular flexibility index (Phi) is 2.55. The van der Waals surface area contributed by atoms with Crippen molar-refractivity contribution in [2.75, 3.05) is 5.73 Å². The molecule has 0 aromatic carbocycles. The van der Waals surface area contributed by atoms with Gasteiger partial charge in [-0.2, -0.15) is 0 Å². The van der Waals surface area contributed by atoms with Crippen molar-refractivity contribution in [3.05, 3.63) is 56.7 Å². The van der Waals surface area contributed by atoms with Gasteiger partial charge in [-0.25, -0.2) is 9.67 Å². The van der Waals surface area contributed by atoms with Crippen LogP contribution >= 0.6 is 0 Å². The Bertz CT molecular complexity index is 597. The Morgan fingerprint density at radius 2 is 2.06 bits per heavy atom. The number of hydrogen-bond donors (Lipinski definition) is 2. The summed E-state index contributed by atoms with van der Waals surface area (Å²) < 4.78 is 1.22. The number of rotatable bonds is 2. The molecule has 0 spiro atoms. The van der Waals surface area contributed by atoms with Crippen LogP contribution in [-0.2, 0) is 6.54 Å². The van der Waals surface area contributed by atoms with Gasteiger partial charge in [0.05, 0.1) is 6.54 Å². The Labute approximate surface area is 90.4 Å². The van der Waals surface area contributed by atoms with Gasteiger partial charge in [0, 0.05) is 18.3 Å². The molecule has 0 atom stereocenters. The van der Waals surface area contributed by atoms with Gasteiger partial charge in [0.2, 0.25) is 0 Å². The fourth-order valence-electron chi connectivity index (χ4n) is 1.29. The molecule has 6 nitrogen and oxygen atoms in total. The van der Waals surface area contributed by atoms with Crippen LogP contribution in [0.4, 0.5) is 5.82 Å². The van der Waals surface area contributed by atoms with E-state index in [-0.39, 0.29) is 17.7 Å². The number of nitrogens with one attached hydrogen (secondary N) is 1. The highest BCUT2D eigenvalue weighted by molar-refractivity contribution is 5.29. The average molecular weight is 218 g/mol. The minimum atomic E-state index is -0.317. The first-order chi connectivity index (χ1) is 7.65. The molecule has 0 radical (unpaired) electrons. The molecule has 0 amide bonds. The summed E-state index contributed by atoms with van der Waals surface area (Å²) in [6.07, 6.45) is 1.56. The van der Waals surface area contributed by atoms with Crippen molar-refractivity contribution in [2.24, 2.45) is 0 Å². The Morgan fingerprint density at radius 1 is 1.25 bits per heavy atom. The van der Waals surface area contributed by atoms with Crippen molar-refractivity contribution >= 4 is 5.82 Å². The summed E-state index contributed by atoms with van der Waals surface area (Å²) in [5.41, 5.74) is 5.64. The normalized spacial score (nSPS) is 10.2. The summed E-state index contributed by atoms with van der Waals surface area (Å²) >= 11 is 0. The summed E-state index contributed by atoms with van der Waals surface area (Å²) in [7, 11) is 0. The van der Waals surface area contributed by atoms with Gasteiger partial charge in [0.1, 0.15) is 5.82 Å². The number of H-pyrrole nitrogens is 1. The van der Waals surface area contributed by atoms with Gasteiger partial charge in [-0.3, -0.25) is 14.7 Å². The molecule has 0 saturated carbocycles. The molecule has 0 saturated heterocycles. The molecule has 0 bridgehead atoms. The molecule has 0 aliphatic rings. The fourth-order valence-corrected chi connectivity index (χ4v) is 1.29. The first-order valence-corrected chi connectivity index (χ1v) is 4.66. The number of aromatic nitrogens is 3. The van der Waals surface area contributed by atoms with Crippen molar-refractivity contribution in [3.8, 4) is 0 Å². The Hall–Kier alpha value is -2.37. The third kappa shape index (κ3) is 2.17. The highest BCUT2D eigenvalue weighted by Gasteiger charge is 1.98. The van der Waals surface area contributed by atoms with Crippen LogP contribution in [0.25, 0.3) is 0 Å². The second kappa shape index (κ2) is 4.01. The van der Waals surface area contributed by atoms with Gasteiger partial charge in [-0.05, 0) is 11.6 Å². The zero-order valence-corrected chi connectivity index (χ0v) is 8.38. The lowest BCUT2D eigenvalue weighted by atomic mass is 10.3. The smallest absolute Gasteiger partial charge is 0.265 e. The van der Waals surface area contributed by atoms with Crippen molar-refractivity contribution in [2.45, 2.75) is 6.54 Å². The molecule has 0 aliphatic carbocycles. The second-order valence-corrected chi connectivity index (χ2v) is 3.33. The van der Waals surface area contributed by atoms with Crippen LogP contribution in [-0.4, -0.2) is 14.8 Å². The van der Waals surface area contributed by atoms with E-state index in [4.69, 9.17) is 5.73 Å². The highest BCUT2D eigenvalue weighted by Crippen LogP contribution is 2.01. The lowest BCUT2D eigenvalue weighted by Crippen LogP contribution is -2.28. The topological polar surface area (TPSA) is 93.8 Å². The number of aromatic amines is 1. The van der Waals surface area contributed by atoms with Gasteiger partial charge < -0.3 is 5.73 Å². The monoisotopic (exact) mass is 218 g/mol. The van der Waals surface area contributed by atoms with E-state index in [2.05, 4.69) is 10.1 Å². The third-order valence-electron chi connectivity index (χ3n) is 2.08. The fraction of sp³-hybridized carbons (Fsp3) is 0.100. The third-order valence-corrected chi connectivity index (χ3v) is 2.08. The molecule has 0 unspecified atom stereocenters. The Morgan fingerprint density at radius 3 is 2.75 bits per heavy atom. The summed E-state index contributed by atoms with van der Waals surface area (Å²) in [5.74, 6) is 0.414. The predicted molar refractivity (Wildman–Crippen MR) is 59.1 cm³/mol. The lowest BCUT2D eigenvalue weighted by Gasteiger charge is -2.04. The maximum absolute atomic E-state index is 11.4. The molecular weight excluding hydrogens is 208 g/mol. The zero-order chi connectivity index (χ0) is 11.5.